The number of ether oxygens (including phenoxy) is 1. The summed E-state index contributed by atoms with van der Waals surface area (Å²) in [7, 11) is 1.54. The summed E-state index contributed by atoms with van der Waals surface area (Å²) in [5, 5.41) is 11.0. The molecule has 2 aromatic rings. The fraction of sp³-hybridized carbons (Fsp3) is 0.118. The zero-order valence-corrected chi connectivity index (χ0v) is 12.9. The standard InChI is InChI=1S/C17H16N2O5/c1-24-12-8-6-11(7-9-12)10-15(20)18-19-16(21)13-4-2-3-5-14(13)17(22)23/h2-9H,10H2,1H3,(H,18,20)(H,19,21)(H,22,23)/p-1. The average Bonchev–Trinajstić information content (AvgIpc) is 2.60. The smallest absolute Gasteiger partial charge is 0.270 e. The molecule has 0 aliphatic heterocycles. The quantitative estimate of drug-likeness (QED) is 0.755. The fourth-order valence-corrected chi connectivity index (χ4v) is 2.03. The van der Waals surface area contributed by atoms with E-state index in [9.17, 15) is 19.5 Å². The van der Waals surface area contributed by atoms with Gasteiger partial charge in [-0.2, -0.15) is 0 Å². The number of amides is 2. The van der Waals surface area contributed by atoms with Crippen LogP contribution in [0.1, 0.15) is 26.3 Å². The molecule has 0 atom stereocenters. The highest BCUT2D eigenvalue weighted by Crippen LogP contribution is 2.11. The molecule has 0 saturated heterocycles. The van der Waals surface area contributed by atoms with Crippen molar-refractivity contribution in [2.24, 2.45) is 0 Å². The van der Waals surface area contributed by atoms with E-state index in [0.717, 1.165) is 5.56 Å². The van der Waals surface area contributed by atoms with Crippen molar-refractivity contribution in [1.29, 1.82) is 0 Å². The molecular weight excluding hydrogens is 312 g/mol. The summed E-state index contributed by atoms with van der Waals surface area (Å²) in [5.74, 6) is -1.98. The molecule has 7 nitrogen and oxygen atoms in total. The van der Waals surface area contributed by atoms with Crippen molar-refractivity contribution in [2.45, 2.75) is 6.42 Å². The number of rotatable bonds is 5. The van der Waals surface area contributed by atoms with Gasteiger partial charge in [-0.3, -0.25) is 20.4 Å². The second-order valence-corrected chi connectivity index (χ2v) is 4.86. The van der Waals surface area contributed by atoms with Gasteiger partial charge in [0.05, 0.1) is 25.1 Å². The number of hydrogen-bond donors (Lipinski definition) is 2. The molecule has 0 radical (unpaired) electrons. The lowest BCUT2D eigenvalue weighted by atomic mass is 10.1. The van der Waals surface area contributed by atoms with Crippen molar-refractivity contribution >= 4 is 17.8 Å². The number of carboxylic acids is 1. The third kappa shape index (κ3) is 4.33. The van der Waals surface area contributed by atoms with E-state index >= 15 is 0 Å². The topological polar surface area (TPSA) is 108 Å². The molecule has 0 saturated carbocycles. The molecule has 2 rings (SSSR count). The second kappa shape index (κ2) is 7.77. The SMILES string of the molecule is COc1ccc(CC(=O)NNC(=O)c2ccccc2C(=O)[O-])cc1. The minimum atomic E-state index is -1.47. The zero-order valence-electron chi connectivity index (χ0n) is 12.9. The van der Waals surface area contributed by atoms with E-state index in [4.69, 9.17) is 4.74 Å². The normalized spacial score (nSPS) is 9.88. The molecule has 2 N–H and O–H groups in total. The van der Waals surface area contributed by atoms with Gasteiger partial charge in [-0.1, -0.05) is 30.3 Å². The Balaban J connectivity index is 1.93. The molecule has 0 spiro atoms. The van der Waals surface area contributed by atoms with Crippen molar-refractivity contribution in [3.8, 4) is 5.75 Å². The summed E-state index contributed by atoms with van der Waals surface area (Å²) in [6.45, 7) is 0. The summed E-state index contributed by atoms with van der Waals surface area (Å²) in [4.78, 5) is 34.8. The van der Waals surface area contributed by atoms with E-state index in [2.05, 4.69) is 10.9 Å². The number of carboxylic acid groups (broad SMARTS) is 1. The first-order valence-electron chi connectivity index (χ1n) is 7.03. The van der Waals surface area contributed by atoms with E-state index in [1.165, 1.54) is 24.3 Å². The van der Waals surface area contributed by atoms with Crippen LogP contribution in [0.5, 0.6) is 5.75 Å². The van der Waals surface area contributed by atoms with Crippen molar-refractivity contribution in [3.63, 3.8) is 0 Å². The average molecular weight is 327 g/mol. The van der Waals surface area contributed by atoms with E-state index in [1.54, 1.807) is 31.4 Å². The molecule has 124 valence electrons. The van der Waals surface area contributed by atoms with Crippen LogP contribution in [0.4, 0.5) is 0 Å². The molecule has 7 heteroatoms. The first-order chi connectivity index (χ1) is 11.5. The molecule has 0 heterocycles. The Bertz CT molecular complexity index is 756. The van der Waals surface area contributed by atoms with Crippen LogP contribution in [-0.2, 0) is 11.2 Å². The summed E-state index contributed by atoms with van der Waals surface area (Å²) in [6, 6.07) is 12.5. The Hall–Kier alpha value is -3.35. The lowest BCUT2D eigenvalue weighted by Crippen LogP contribution is -2.43. The van der Waals surface area contributed by atoms with Gasteiger partial charge in [0, 0.05) is 5.56 Å². The van der Waals surface area contributed by atoms with Crippen LogP contribution in [0.15, 0.2) is 48.5 Å². The van der Waals surface area contributed by atoms with Gasteiger partial charge in [0.2, 0.25) is 5.91 Å². The number of carbonyl (C=O) groups is 3. The van der Waals surface area contributed by atoms with Crippen molar-refractivity contribution < 1.29 is 24.2 Å². The first-order valence-corrected chi connectivity index (χ1v) is 7.03. The van der Waals surface area contributed by atoms with Crippen LogP contribution in [0.25, 0.3) is 0 Å². The van der Waals surface area contributed by atoms with Crippen LogP contribution in [0.2, 0.25) is 0 Å². The molecule has 0 aromatic heterocycles. The predicted octanol–water partition coefficient (Wildman–Crippen LogP) is 0.0624. The molecule has 0 bridgehead atoms. The Labute approximate surface area is 138 Å². The highest BCUT2D eigenvalue weighted by atomic mass is 16.5. The van der Waals surface area contributed by atoms with Gasteiger partial charge in [0.1, 0.15) is 5.75 Å². The third-order valence-electron chi connectivity index (χ3n) is 3.23. The Morgan fingerprint density at radius 2 is 1.58 bits per heavy atom. The molecular formula is C17H15N2O5-. The van der Waals surface area contributed by atoms with E-state index in [-0.39, 0.29) is 17.5 Å². The van der Waals surface area contributed by atoms with Crippen LogP contribution in [-0.4, -0.2) is 24.9 Å². The number of carbonyl (C=O) groups excluding carboxylic acids is 3. The first kappa shape index (κ1) is 17.0. The maximum absolute atomic E-state index is 12.0. The third-order valence-corrected chi connectivity index (χ3v) is 3.23. The lowest BCUT2D eigenvalue weighted by Gasteiger charge is -2.11. The van der Waals surface area contributed by atoms with Gasteiger partial charge in [0.25, 0.3) is 5.91 Å². The van der Waals surface area contributed by atoms with E-state index in [0.29, 0.717) is 5.75 Å². The zero-order chi connectivity index (χ0) is 17.5. The van der Waals surface area contributed by atoms with Gasteiger partial charge in [-0.25, -0.2) is 0 Å². The van der Waals surface area contributed by atoms with E-state index < -0.39 is 17.8 Å². The van der Waals surface area contributed by atoms with E-state index in [1.807, 2.05) is 0 Å². The van der Waals surface area contributed by atoms with Crippen LogP contribution < -0.4 is 20.7 Å². The Morgan fingerprint density at radius 1 is 0.958 bits per heavy atom. The number of hydrogen-bond acceptors (Lipinski definition) is 5. The fourth-order valence-electron chi connectivity index (χ4n) is 2.03. The minimum absolute atomic E-state index is 0.0480. The van der Waals surface area contributed by atoms with Crippen LogP contribution in [0.3, 0.4) is 0 Å². The monoisotopic (exact) mass is 327 g/mol. The van der Waals surface area contributed by atoms with Crippen molar-refractivity contribution in [1.82, 2.24) is 10.9 Å². The van der Waals surface area contributed by atoms with Gasteiger partial charge in [-0.15, -0.1) is 0 Å². The highest BCUT2D eigenvalue weighted by Gasteiger charge is 2.12. The number of benzene rings is 2. The molecule has 2 aromatic carbocycles. The largest absolute Gasteiger partial charge is 0.545 e. The molecule has 0 aliphatic rings. The lowest BCUT2D eigenvalue weighted by molar-refractivity contribution is -0.255. The van der Waals surface area contributed by atoms with Gasteiger partial charge < -0.3 is 14.6 Å². The van der Waals surface area contributed by atoms with Gasteiger partial charge >= 0.3 is 0 Å². The van der Waals surface area contributed by atoms with Crippen LogP contribution >= 0.6 is 0 Å². The summed E-state index contributed by atoms with van der Waals surface area (Å²) in [6.07, 6.45) is 0.0480. The molecule has 0 unspecified atom stereocenters. The number of methoxy groups -OCH3 is 1. The minimum Gasteiger partial charge on any atom is -0.545 e. The maximum atomic E-state index is 12.0. The molecule has 24 heavy (non-hydrogen) atoms. The molecule has 0 fully saturated rings. The van der Waals surface area contributed by atoms with Gasteiger partial charge in [-0.05, 0) is 23.8 Å². The number of aromatic carboxylic acids is 1. The van der Waals surface area contributed by atoms with Crippen molar-refractivity contribution in [3.05, 3.63) is 65.2 Å². The molecule has 2 amide bonds. The highest BCUT2D eigenvalue weighted by molar-refractivity contribution is 6.04. The predicted molar refractivity (Wildman–Crippen MR) is 83.1 cm³/mol. The van der Waals surface area contributed by atoms with Gasteiger partial charge in [0.15, 0.2) is 0 Å². The summed E-state index contributed by atoms with van der Waals surface area (Å²) >= 11 is 0. The molecule has 0 aliphatic carbocycles. The number of hydrazine groups is 1. The Morgan fingerprint density at radius 3 is 2.17 bits per heavy atom. The summed E-state index contributed by atoms with van der Waals surface area (Å²) < 4.78 is 5.02. The Kier molecular flexibility index (Phi) is 5.51. The number of nitrogens with one attached hydrogen (secondary N) is 2. The van der Waals surface area contributed by atoms with Crippen LogP contribution in [0, 0.1) is 0 Å². The maximum Gasteiger partial charge on any atom is 0.270 e. The summed E-state index contributed by atoms with van der Waals surface area (Å²) in [5.41, 5.74) is 4.81. The van der Waals surface area contributed by atoms with Crippen molar-refractivity contribution in [2.75, 3.05) is 7.11 Å². The second-order valence-electron chi connectivity index (χ2n) is 4.86.